The molecular weight excluding hydrogens is 352 g/mol. The lowest BCUT2D eigenvalue weighted by Crippen LogP contribution is -2.10. The van der Waals surface area contributed by atoms with Gasteiger partial charge in [0.25, 0.3) is 0 Å². The molecule has 0 saturated carbocycles. The third-order valence-electron chi connectivity index (χ3n) is 4.78. The van der Waals surface area contributed by atoms with Gasteiger partial charge in [0.15, 0.2) is 0 Å². The van der Waals surface area contributed by atoms with Crippen LogP contribution in [0.25, 0.3) is 5.57 Å². The third kappa shape index (κ3) is 4.37. The van der Waals surface area contributed by atoms with Gasteiger partial charge < -0.3 is 4.90 Å². The average molecular weight is 375 g/mol. The van der Waals surface area contributed by atoms with Crippen molar-refractivity contribution in [3.8, 4) is 0 Å². The maximum atomic E-state index is 13.3. The highest BCUT2D eigenvalue weighted by Crippen LogP contribution is 2.32. The maximum Gasteiger partial charge on any atom is 0.123 e. The molecule has 0 saturated heterocycles. The van der Waals surface area contributed by atoms with E-state index in [1.165, 1.54) is 24.3 Å². The van der Waals surface area contributed by atoms with Gasteiger partial charge in [-0.25, -0.2) is 8.78 Å². The van der Waals surface area contributed by atoms with Gasteiger partial charge in [-0.3, -0.25) is 0 Å². The molecule has 3 rings (SSSR count). The molecule has 0 aromatic heterocycles. The number of benzene rings is 3. The summed E-state index contributed by atoms with van der Waals surface area (Å²) in [6, 6.07) is 19.2. The molecule has 0 radical (unpaired) electrons. The second kappa shape index (κ2) is 8.66. The Kier molecular flexibility index (Phi) is 6.05. The second-order valence-corrected chi connectivity index (χ2v) is 6.65. The molecule has 28 heavy (non-hydrogen) atoms. The van der Waals surface area contributed by atoms with Crippen LogP contribution in [-0.4, -0.2) is 0 Å². The predicted octanol–water partition coefficient (Wildman–Crippen LogP) is 7.20. The summed E-state index contributed by atoms with van der Waals surface area (Å²) in [4.78, 5) is 1.95. The lowest BCUT2D eigenvalue weighted by molar-refractivity contribution is 0.627. The summed E-state index contributed by atoms with van der Waals surface area (Å²) in [7, 11) is 0. The summed E-state index contributed by atoms with van der Waals surface area (Å²) in [5, 5.41) is 0. The van der Waals surface area contributed by atoms with Crippen LogP contribution in [0.1, 0.15) is 23.6 Å². The number of allylic oxidation sites excluding steroid dienone is 2. The fourth-order valence-corrected chi connectivity index (χ4v) is 3.21. The van der Waals surface area contributed by atoms with Crippen LogP contribution in [0.5, 0.6) is 0 Å². The van der Waals surface area contributed by atoms with Crippen molar-refractivity contribution < 1.29 is 8.78 Å². The van der Waals surface area contributed by atoms with Crippen LogP contribution in [0, 0.1) is 18.6 Å². The van der Waals surface area contributed by atoms with E-state index in [1.807, 2.05) is 30.9 Å². The fraction of sp³-hybridized carbons (Fsp3) is 0.120. The van der Waals surface area contributed by atoms with Crippen molar-refractivity contribution in [2.24, 2.45) is 0 Å². The first kappa shape index (κ1) is 19.6. The van der Waals surface area contributed by atoms with Crippen molar-refractivity contribution in [2.45, 2.75) is 20.3 Å². The molecule has 0 aliphatic carbocycles. The van der Waals surface area contributed by atoms with E-state index in [0.29, 0.717) is 6.42 Å². The Hall–Kier alpha value is -3.20. The topological polar surface area (TPSA) is 3.24 Å². The first-order chi connectivity index (χ1) is 13.5. The van der Waals surface area contributed by atoms with Gasteiger partial charge in [-0.05, 0) is 85.0 Å². The summed E-state index contributed by atoms with van der Waals surface area (Å²) < 4.78 is 26.5. The molecule has 3 aromatic carbocycles. The normalized spacial score (nSPS) is 11.4. The molecule has 0 fully saturated rings. The second-order valence-electron chi connectivity index (χ2n) is 6.65. The smallest absolute Gasteiger partial charge is 0.123 e. The van der Waals surface area contributed by atoms with Gasteiger partial charge >= 0.3 is 0 Å². The van der Waals surface area contributed by atoms with Gasteiger partial charge in [0.05, 0.1) is 0 Å². The third-order valence-corrected chi connectivity index (χ3v) is 4.78. The van der Waals surface area contributed by atoms with Gasteiger partial charge in [-0.1, -0.05) is 36.9 Å². The first-order valence-electron chi connectivity index (χ1n) is 9.20. The number of nitrogens with zero attached hydrogens (tertiary/aromatic N) is 1. The van der Waals surface area contributed by atoms with Crippen molar-refractivity contribution in [3.63, 3.8) is 0 Å². The molecule has 1 nitrogen and oxygen atoms in total. The summed E-state index contributed by atoms with van der Waals surface area (Å²) >= 11 is 0. The summed E-state index contributed by atoms with van der Waals surface area (Å²) in [6.45, 7) is 7.97. The van der Waals surface area contributed by atoms with E-state index in [9.17, 15) is 8.78 Å². The highest BCUT2D eigenvalue weighted by atomic mass is 19.1. The van der Waals surface area contributed by atoms with Crippen molar-refractivity contribution in [2.75, 3.05) is 4.90 Å². The fourth-order valence-electron chi connectivity index (χ4n) is 3.21. The van der Waals surface area contributed by atoms with E-state index in [1.54, 1.807) is 18.3 Å². The molecular formula is C25H23F2N. The van der Waals surface area contributed by atoms with Crippen LogP contribution in [-0.2, 0) is 6.42 Å². The molecule has 0 unspecified atom stereocenters. The van der Waals surface area contributed by atoms with E-state index >= 15 is 0 Å². The molecule has 0 aliphatic heterocycles. The first-order valence-corrected chi connectivity index (χ1v) is 9.20. The summed E-state index contributed by atoms with van der Waals surface area (Å²) in [6.07, 6.45) is 4.52. The lowest BCUT2D eigenvalue weighted by Gasteiger charge is -2.23. The quantitative estimate of drug-likeness (QED) is 0.440. The molecule has 0 heterocycles. The highest BCUT2D eigenvalue weighted by Gasteiger charge is 2.12. The van der Waals surface area contributed by atoms with E-state index in [0.717, 1.165) is 33.6 Å². The number of halogens is 2. The Labute approximate surface area is 165 Å². The van der Waals surface area contributed by atoms with E-state index < -0.39 is 0 Å². The molecule has 3 aromatic rings. The zero-order valence-electron chi connectivity index (χ0n) is 16.1. The van der Waals surface area contributed by atoms with Gasteiger partial charge in [-0.15, -0.1) is 0 Å². The van der Waals surface area contributed by atoms with Gasteiger partial charge in [0.2, 0.25) is 0 Å². The molecule has 0 spiro atoms. The Morgan fingerprint density at radius 2 is 1.54 bits per heavy atom. The molecule has 0 amide bonds. The van der Waals surface area contributed by atoms with Crippen LogP contribution >= 0.6 is 0 Å². The van der Waals surface area contributed by atoms with Crippen molar-refractivity contribution >= 4 is 16.9 Å². The van der Waals surface area contributed by atoms with Crippen LogP contribution in [0.4, 0.5) is 20.2 Å². The number of hydrogen-bond donors (Lipinski definition) is 0. The van der Waals surface area contributed by atoms with Gasteiger partial charge in [-0.2, -0.15) is 0 Å². The van der Waals surface area contributed by atoms with Gasteiger partial charge in [0, 0.05) is 17.6 Å². The monoisotopic (exact) mass is 375 g/mol. The molecule has 0 aliphatic rings. The zero-order valence-corrected chi connectivity index (χ0v) is 16.1. The van der Waals surface area contributed by atoms with E-state index in [2.05, 4.69) is 30.9 Å². The number of aryl methyl sites for hydroxylation is 1. The molecule has 0 bridgehead atoms. The largest absolute Gasteiger partial charge is 0.317 e. The van der Waals surface area contributed by atoms with Crippen LogP contribution in [0.15, 0.2) is 85.6 Å². The highest BCUT2D eigenvalue weighted by molar-refractivity contribution is 5.76. The molecule has 142 valence electrons. The number of hydrogen-bond acceptors (Lipinski definition) is 1. The van der Waals surface area contributed by atoms with Crippen LogP contribution in [0.3, 0.4) is 0 Å². The van der Waals surface area contributed by atoms with E-state index in [-0.39, 0.29) is 11.6 Å². The SMILES string of the molecule is C=CN(c1ccc(F)cc1)c1cc(/C(=C/C)Cc2ccc(F)cc2)ccc1C. The molecule has 0 atom stereocenters. The van der Waals surface area contributed by atoms with Crippen molar-refractivity contribution in [1.29, 1.82) is 0 Å². The van der Waals surface area contributed by atoms with Gasteiger partial charge in [0.1, 0.15) is 11.6 Å². The Morgan fingerprint density at radius 3 is 2.11 bits per heavy atom. The van der Waals surface area contributed by atoms with Crippen LogP contribution < -0.4 is 4.90 Å². The Balaban J connectivity index is 1.96. The Morgan fingerprint density at radius 1 is 0.929 bits per heavy atom. The predicted molar refractivity (Wildman–Crippen MR) is 114 cm³/mol. The van der Waals surface area contributed by atoms with Crippen LogP contribution in [0.2, 0.25) is 0 Å². The minimum atomic E-state index is -0.270. The van der Waals surface area contributed by atoms with Crippen molar-refractivity contribution in [1.82, 2.24) is 0 Å². The standard InChI is InChI=1S/C25H23F2N/c1-4-20(16-19-7-10-22(26)11-8-19)21-9-6-18(3)25(17-21)28(5-2)24-14-12-23(27)13-15-24/h4-15,17H,2,16H2,1,3H3/b20-4+. The average Bonchev–Trinajstić information content (AvgIpc) is 2.71. The summed E-state index contributed by atoms with van der Waals surface area (Å²) in [5.74, 6) is -0.502. The molecule has 0 N–H and O–H groups in total. The van der Waals surface area contributed by atoms with E-state index in [4.69, 9.17) is 0 Å². The molecule has 3 heteroatoms. The lowest BCUT2D eigenvalue weighted by atomic mass is 9.96. The summed E-state index contributed by atoms with van der Waals surface area (Å²) in [5.41, 5.74) is 6.20. The zero-order chi connectivity index (χ0) is 20.1. The Bertz CT molecular complexity index is 986. The minimum absolute atomic E-state index is 0.232. The minimum Gasteiger partial charge on any atom is -0.317 e. The van der Waals surface area contributed by atoms with Crippen molar-refractivity contribution in [3.05, 3.63) is 114 Å². The number of anilines is 2. The maximum absolute atomic E-state index is 13.3. The number of rotatable bonds is 6.